The van der Waals surface area contributed by atoms with Gasteiger partial charge < -0.3 is 19.7 Å². The van der Waals surface area contributed by atoms with Gasteiger partial charge in [-0.25, -0.2) is 9.78 Å². The molecule has 3 aromatic rings. The lowest BCUT2D eigenvalue weighted by atomic mass is 10.1. The number of nitrogens with one attached hydrogen (secondary N) is 1. The Bertz CT molecular complexity index is 986. The van der Waals surface area contributed by atoms with Crippen molar-refractivity contribution >= 4 is 33.3 Å². The SMILES string of the molecule is COc1cccc(NC(=O)N2CCC(Oc3nc4c(C)ccc(C)c4s3)CC2)c1. The Morgan fingerprint density at radius 1 is 1.17 bits per heavy atom. The van der Waals surface area contributed by atoms with Crippen molar-refractivity contribution in [1.82, 2.24) is 9.88 Å². The molecular formula is C22H25N3O3S. The maximum absolute atomic E-state index is 12.5. The Morgan fingerprint density at radius 2 is 1.93 bits per heavy atom. The van der Waals surface area contributed by atoms with E-state index < -0.39 is 0 Å². The van der Waals surface area contributed by atoms with Gasteiger partial charge in [-0.3, -0.25) is 0 Å². The molecule has 0 saturated carbocycles. The first-order chi connectivity index (χ1) is 14.0. The number of nitrogens with zero attached hydrogens (tertiary/aromatic N) is 2. The second-order valence-corrected chi connectivity index (χ2v) is 8.28. The van der Waals surface area contributed by atoms with E-state index in [4.69, 9.17) is 9.47 Å². The van der Waals surface area contributed by atoms with Gasteiger partial charge in [0.2, 0.25) is 0 Å². The quantitative estimate of drug-likeness (QED) is 0.656. The van der Waals surface area contributed by atoms with Crippen molar-refractivity contribution < 1.29 is 14.3 Å². The minimum Gasteiger partial charge on any atom is -0.497 e. The van der Waals surface area contributed by atoms with Gasteiger partial charge >= 0.3 is 6.03 Å². The van der Waals surface area contributed by atoms with Crippen molar-refractivity contribution in [2.24, 2.45) is 0 Å². The first-order valence-corrected chi connectivity index (χ1v) is 10.6. The molecule has 2 aromatic carbocycles. The Balaban J connectivity index is 1.34. The number of ether oxygens (including phenoxy) is 2. The molecule has 0 aliphatic carbocycles. The average Bonchev–Trinajstić information content (AvgIpc) is 3.16. The van der Waals surface area contributed by atoms with E-state index in [-0.39, 0.29) is 12.1 Å². The van der Waals surface area contributed by atoms with Crippen LogP contribution in [-0.2, 0) is 0 Å². The fourth-order valence-corrected chi connectivity index (χ4v) is 4.54. The van der Waals surface area contributed by atoms with Crippen LogP contribution in [0.25, 0.3) is 10.2 Å². The molecule has 4 rings (SSSR count). The Labute approximate surface area is 174 Å². The number of thiazole rings is 1. The summed E-state index contributed by atoms with van der Waals surface area (Å²) in [6, 6.07) is 11.5. The predicted octanol–water partition coefficient (Wildman–Crippen LogP) is 5.00. The van der Waals surface area contributed by atoms with Crippen LogP contribution in [0.3, 0.4) is 0 Å². The standard InChI is InChI=1S/C22H25N3O3S/c1-14-7-8-15(2)20-19(14)24-22(29-20)28-17-9-11-25(12-10-17)21(26)23-16-5-4-6-18(13-16)27-3/h4-8,13,17H,9-12H2,1-3H3,(H,23,26). The molecule has 0 spiro atoms. The van der Waals surface area contributed by atoms with E-state index in [1.54, 1.807) is 18.4 Å². The molecule has 2 amide bonds. The van der Waals surface area contributed by atoms with Crippen molar-refractivity contribution in [1.29, 1.82) is 0 Å². The van der Waals surface area contributed by atoms with Crippen LogP contribution >= 0.6 is 11.3 Å². The Hall–Kier alpha value is -2.80. The maximum atomic E-state index is 12.5. The molecule has 0 bridgehead atoms. The lowest BCUT2D eigenvalue weighted by Crippen LogP contribution is -2.43. The predicted molar refractivity (Wildman–Crippen MR) is 116 cm³/mol. The van der Waals surface area contributed by atoms with Crippen molar-refractivity contribution in [3.05, 3.63) is 47.5 Å². The third kappa shape index (κ3) is 4.29. The third-order valence-corrected chi connectivity index (χ3v) is 6.32. The number of likely N-dealkylation sites (tertiary alicyclic amines) is 1. The van der Waals surface area contributed by atoms with E-state index in [0.717, 1.165) is 35.0 Å². The molecule has 1 N–H and O–H groups in total. The summed E-state index contributed by atoms with van der Waals surface area (Å²) in [6.45, 7) is 5.49. The fourth-order valence-electron chi connectivity index (χ4n) is 3.51. The fraction of sp³-hybridized carbons (Fsp3) is 0.364. The highest BCUT2D eigenvalue weighted by Crippen LogP contribution is 2.33. The zero-order valence-corrected chi connectivity index (χ0v) is 17.7. The van der Waals surface area contributed by atoms with Gasteiger partial charge in [0.1, 0.15) is 11.9 Å². The van der Waals surface area contributed by atoms with Crippen LogP contribution in [0.5, 0.6) is 10.9 Å². The van der Waals surface area contributed by atoms with Crippen molar-refractivity contribution in [2.45, 2.75) is 32.8 Å². The van der Waals surface area contributed by atoms with Crippen molar-refractivity contribution in [2.75, 3.05) is 25.5 Å². The molecule has 0 atom stereocenters. The molecule has 1 aromatic heterocycles. The zero-order valence-electron chi connectivity index (χ0n) is 16.9. The van der Waals surface area contributed by atoms with Gasteiger partial charge in [0.05, 0.1) is 17.3 Å². The van der Waals surface area contributed by atoms with Gasteiger partial charge in [-0.05, 0) is 37.1 Å². The van der Waals surface area contributed by atoms with Gasteiger partial charge in [-0.2, -0.15) is 0 Å². The Kier molecular flexibility index (Phi) is 5.58. The molecular weight excluding hydrogens is 386 g/mol. The monoisotopic (exact) mass is 411 g/mol. The van der Waals surface area contributed by atoms with Crippen molar-refractivity contribution in [3.8, 4) is 10.9 Å². The number of urea groups is 1. The molecule has 1 aliphatic heterocycles. The number of amides is 2. The molecule has 29 heavy (non-hydrogen) atoms. The maximum Gasteiger partial charge on any atom is 0.321 e. The summed E-state index contributed by atoms with van der Waals surface area (Å²) < 4.78 is 12.6. The summed E-state index contributed by atoms with van der Waals surface area (Å²) >= 11 is 1.61. The molecule has 2 heterocycles. The van der Waals surface area contributed by atoms with Crippen LogP contribution in [0.2, 0.25) is 0 Å². The number of hydrogen-bond acceptors (Lipinski definition) is 5. The summed E-state index contributed by atoms with van der Waals surface area (Å²) in [5.74, 6) is 0.719. The third-order valence-electron chi connectivity index (χ3n) is 5.24. The summed E-state index contributed by atoms with van der Waals surface area (Å²) in [5.41, 5.74) is 4.15. The number of benzene rings is 2. The topological polar surface area (TPSA) is 63.7 Å². The second-order valence-electron chi connectivity index (χ2n) is 7.32. The van der Waals surface area contributed by atoms with Crippen molar-refractivity contribution in [3.63, 3.8) is 0 Å². The molecule has 152 valence electrons. The van der Waals surface area contributed by atoms with Crippen LogP contribution in [0, 0.1) is 13.8 Å². The van der Waals surface area contributed by atoms with Crippen LogP contribution in [0.15, 0.2) is 36.4 Å². The molecule has 0 unspecified atom stereocenters. The number of aryl methyl sites for hydroxylation is 2. The highest BCUT2D eigenvalue weighted by atomic mass is 32.1. The molecule has 0 radical (unpaired) electrons. The number of carbonyl (C=O) groups excluding carboxylic acids is 1. The van der Waals surface area contributed by atoms with Gasteiger partial charge in [-0.1, -0.05) is 29.5 Å². The normalized spacial score (nSPS) is 14.8. The number of hydrogen-bond donors (Lipinski definition) is 1. The van der Waals surface area contributed by atoms with Crippen LogP contribution in [0.4, 0.5) is 10.5 Å². The molecule has 6 nitrogen and oxygen atoms in total. The van der Waals surface area contributed by atoms with Gasteiger partial charge in [0.15, 0.2) is 0 Å². The van der Waals surface area contributed by atoms with E-state index in [1.165, 1.54) is 15.8 Å². The number of rotatable bonds is 4. The number of fused-ring (bicyclic) bond motifs is 1. The van der Waals surface area contributed by atoms with E-state index >= 15 is 0 Å². The van der Waals surface area contributed by atoms with Crippen LogP contribution < -0.4 is 14.8 Å². The van der Waals surface area contributed by atoms with Crippen LogP contribution in [-0.4, -0.2) is 42.2 Å². The molecule has 1 aliphatic rings. The highest BCUT2D eigenvalue weighted by molar-refractivity contribution is 7.20. The summed E-state index contributed by atoms with van der Waals surface area (Å²) in [4.78, 5) is 19.1. The Morgan fingerprint density at radius 3 is 2.66 bits per heavy atom. The number of carbonyl (C=O) groups is 1. The smallest absolute Gasteiger partial charge is 0.321 e. The lowest BCUT2D eigenvalue weighted by Gasteiger charge is -2.31. The van der Waals surface area contributed by atoms with Gasteiger partial charge in [-0.15, -0.1) is 0 Å². The lowest BCUT2D eigenvalue weighted by molar-refractivity contribution is 0.115. The minimum atomic E-state index is -0.0945. The molecule has 7 heteroatoms. The van der Waals surface area contributed by atoms with E-state index in [2.05, 4.69) is 36.3 Å². The summed E-state index contributed by atoms with van der Waals surface area (Å²) in [6.07, 6.45) is 1.66. The first-order valence-electron chi connectivity index (χ1n) is 9.77. The van der Waals surface area contributed by atoms with Gasteiger partial charge in [0, 0.05) is 37.7 Å². The summed E-state index contributed by atoms with van der Waals surface area (Å²) in [7, 11) is 1.61. The van der Waals surface area contributed by atoms with E-state index in [0.29, 0.717) is 13.1 Å². The van der Waals surface area contributed by atoms with Crippen LogP contribution in [0.1, 0.15) is 24.0 Å². The van der Waals surface area contributed by atoms with E-state index in [1.807, 2.05) is 29.2 Å². The molecule has 1 saturated heterocycles. The van der Waals surface area contributed by atoms with E-state index in [9.17, 15) is 4.79 Å². The zero-order chi connectivity index (χ0) is 20.4. The summed E-state index contributed by atoms with van der Waals surface area (Å²) in [5, 5.41) is 3.66. The number of methoxy groups -OCH3 is 1. The van der Waals surface area contributed by atoms with Gasteiger partial charge in [0.25, 0.3) is 5.19 Å². The number of anilines is 1. The minimum absolute atomic E-state index is 0.0806. The largest absolute Gasteiger partial charge is 0.497 e. The number of aromatic nitrogens is 1. The molecule has 1 fully saturated rings. The first kappa shape index (κ1) is 19.5. The second kappa shape index (κ2) is 8.29. The average molecular weight is 412 g/mol. The number of piperidine rings is 1. The highest BCUT2D eigenvalue weighted by Gasteiger charge is 2.25.